The van der Waals surface area contributed by atoms with Gasteiger partial charge in [0.15, 0.2) is 0 Å². The summed E-state index contributed by atoms with van der Waals surface area (Å²) in [5, 5.41) is 0. The van der Waals surface area contributed by atoms with Crippen LogP contribution >= 0.6 is 0 Å². The second-order valence-corrected chi connectivity index (χ2v) is 3.99. The monoisotopic (exact) mass is 195 g/mol. The summed E-state index contributed by atoms with van der Waals surface area (Å²) in [6, 6.07) is 8.76. The van der Waals surface area contributed by atoms with Gasteiger partial charge in [-0.1, -0.05) is 18.2 Å². The van der Waals surface area contributed by atoms with Gasteiger partial charge in [0.25, 0.3) is 0 Å². The van der Waals surface area contributed by atoms with Gasteiger partial charge in [-0.3, -0.25) is 4.72 Å². The van der Waals surface area contributed by atoms with Crippen LogP contribution in [-0.4, -0.2) is 44.2 Å². The van der Waals surface area contributed by atoms with E-state index in [1.54, 1.807) is 24.3 Å². The maximum absolute atomic E-state index is 10.7. The fourth-order valence-corrected chi connectivity index (χ4v) is 1.28. The van der Waals surface area contributed by atoms with E-state index >= 15 is 0 Å². The molecule has 0 atom stereocenters. The topological polar surface area (TPSA) is 46.2 Å². The first-order valence-corrected chi connectivity index (χ1v) is 5.00. The summed E-state index contributed by atoms with van der Waals surface area (Å²) in [5.41, 5.74) is 0.593. The van der Waals surface area contributed by atoms with Crippen molar-refractivity contribution >= 4 is 45.3 Å². The van der Waals surface area contributed by atoms with E-state index in [1.165, 1.54) is 0 Å². The molecule has 0 saturated heterocycles. The van der Waals surface area contributed by atoms with Gasteiger partial charge in [0.05, 0.1) is 6.26 Å². The third kappa shape index (κ3) is 4.77. The summed E-state index contributed by atoms with van der Waals surface area (Å²) >= 11 is 0. The molecule has 0 aliphatic rings. The quantitative estimate of drug-likeness (QED) is 0.695. The first-order valence-electron chi connectivity index (χ1n) is 3.11. The van der Waals surface area contributed by atoms with Crippen LogP contribution in [0.4, 0.5) is 5.69 Å². The molecule has 1 aromatic carbocycles. The van der Waals surface area contributed by atoms with E-state index in [2.05, 4.69) is 4.72 Å². The van der Waals surface area contributed by atoms with Crippen molar-refractivity contribution in [1.29, 1.82) is 0 Å². The van der Waals surface area contributed by atoms with Crippen LogP contribution < -0.4 is 4.72 Å². The minimum absolute atomic E-state index is 0. The Morgan fingerprint density at radius 2 is 1.67 bits per heavy atom. The standard InChI is InChI=1S/C7H9NO2S.Na.H/c1-11(9,10)8-7-5-3-2-4-6-7;;/h2-6,8H,1H3;;. The zero-order valence-corrected chi connectivity index (χ0v) is 6.93. The van der Waals surface area contributed by atoms with Gasteiger partial charge in [0.2, 0.25) is 10.0 Å². The summed E-state index contributed by atoms with van der Waals surface area (Å²) in [5.74, 6) is 0. The SMILES string of the molecule is CS(=O)(=O)Nc1ccccc1.[NaH]. The zero-order chi connectivity index (χ0) is 8.32. The summed E-state index contributed by atoms with van der Waals surface area (Å²) in [4.78, 5) is 0. The number of benzene rings is 1. The summed E-state index contributed by atoms with van der Waals surface area (Å²) in [7, 11) is -3.13. The van der Waals surface area contributed by atoms with Gasteiger partial charge in [0, 0.05) is 5.69 Å². The number of sulfonamides is 1. The molecule has 0 aliphatic heterocycles. The molecule has 12 heavy (non-hydrogen) atoms. The molecule has 0 bridgehead atoms. The van der Waals surface area contributed by atoms with Crippen LogP contribution in [0.3, 0.4) is 0 Å². The minimum atomic E-state index is -3.13. The summed E-state index contributed by atoms with van der Waals surface area (Å²) in [6.45, 7) is 0. The van der Waals surface area contributed by atoms with E-state index in [0.29, 0.717) is 5.69 Å². The van der Waals surface area contributed by atoms with E-state index < -0.39 is 10.0 Å². The van der Waals surface area contributed by atoms with Crippen molar-refractivity contribution in [1.82, 2.24) is 0 Å². The number of hydrogen-bond acceptors (Lipinski definition) is 2. The van der Waals surface area contributed by atoms with Crippen molar-refractivity contribution in [3.63, 3.8) is 0 Å². The average molecular weight is 195 g/mol. The zero-order valence-electron chi connectivity index (χ0n) is 6.11. The van der Waals surface area contributed by atoms with E-state index in [4.69, 9.17) is 0 Å². The van der Waals surface area contributed by atoms with Crippen molar-refractivity contribution < 1.29 is 8.42 Å². The summed E-state index contributed by atoms with van der Waals surface area (Å²) in [6.07, 6.45) is 1.12. The van der Waals surface area contributed by atoms with Crippen LogP contribution in [0.25, 0.3) is 0 Å². The molecule has 0 spiro atoms. The van der Waals surface area contributed by atoms with Gasteiger partial charge in [-0.05, 0) is 12.1 Å². The first-order chi connectivity index (χ1) is 5.08. The predicted octanol–water partition coefficient (Wildman–Crippen LogP) is 0.410. The Labute approximate surface area is 94.5 Å². The molecule has 0 unspecified atom stereocenters. The Kier molecular flexibility index (Phi) is 4.85. The van der Waals surface area contributed by atoms with Gasteiger partial charge >= 0.3 is 29.6 Å². The van der Waals surface area contributed by atoms with E-state index in [-0.39, 0.29) is 29.6 Å². The van der Waals surface area contributed by atoms with Gasteiger partial charge in [0.1, 0.15) is 0 Å². The maximum atomic E-state index is 10.7. The Hall–Kier alpha value is -0.0300. The fourth-order valence-electron chi connectivity index (χ4n) is 0.720. The van der Waals surface area contributed by atoms with E-state index in [1.807, 2.05) is 6.07 Å². The molecule has 0 saturated carbocycles. The molecule has 1 N–H and O–H groups in total. The van der Waals surface area contributed by atoms with Gasteiger partial charge in [-0.15, -0.1) is 0 Å². The number of hydrogen-bond donors (Lipinski definition) is 1. The van der Waals surface area contributed by atoms with Crippen molar-refractivity contribution in [3.8, 4) is 0 Å². The van der Waals surface area contributed by atoms with Crippen LogP contribution in [0.5, 0.6) is 0 Å². The first kappa shape index (κ1) is 12.0. The fraction of sp³-hybridized carbons (Fsp3) is 0.143. The molecule has 5 heteroatoms. The molecule has 3 nitrogen and oxygen atoms in total. The average Bonchev–Trinajstić information content (AvgIpc) is 1.85. The Morgan fingerprint density at radius 1 is 1.17 bits per heavy atom. The second kappa shape index (κ2) is 4.87. The number of para-hydroxylation sites is 1. The molecule has 0 fully saturated rings. The van der Waals surface area contributed by atoms with Crippen LogP contribution in [0.1, 0.15) is 0 Å². The van der Waals surface area contributed by atoms with E-state index in [9.17, 15) is 8.42 Å². The van der Waals surface area contributed by atoms with Crippen LogP contribution in [0, 0.1) is 0 Å². The van der Waals surface area contributed by atoms with Crippen LogP contribution in [0.15, 0.2) is 30.3 Å². The molecule has 0 aliphatic carbocycles. The number of nitrogens with one attached hydrogen (secondary N) is 1. The summed E-state index contributed by atoms with van der Waals surface area (Å²) < 4.78 is 23.7. The third-order valence-corrected chi connectivity index (χ3v) is 1.68. The predicted molar refractivity (Wildman–Crippen MR) is 52.1 cm³/mol. The van der Waals surface area contributed by atoms with Crippen molar-refractivity contribution in [2.75, 3.05) is 11.0 Å². The Morgan fingerprint density at radius 3 is 2.08 bits per heavy atom. The molecule has 1 rings (SSSR count). The number of anilines is 1. The molecule has 0 radical (unpaired) electrons. The number of rotatable bonds is 2. The molecular formula is C7H10NNaO2S. The Balaban J connectivity index is 0.00000121. The normalized spacial score (nSPS) is 10.1. The van der Waals surface area contributed by atoms with Gasteiger partial charge in [-0.2, -0.15) is 0 Å². The van der Waals surface area contributed by atoms with Gasteiger partial charge in [-0.25, -0.2) is 8.42 Å². The third-order valence-electron chi connectivity index (χ3n) is 1.08. The van der Waals surface area contributed by atoms with Gasteiger partial charge < -0.3 is 0 Å². The van der Waals surface area contributed by atoms with Crippen molar-refractivity contribution in [3.05, 3.63) is 30.3 Å². The van der Waals surface area contributed by atoms with Crippen LogP contribution in [0.2, 0.25) is 0 Å². The second-order valence-electron chi connectivity index (χ2n) is 2.24. The van der Waals surface area contributed by atoms with Crippen LogP contribution in [-0.2, 0) is 10.0 Å². The Bertz CT molecular complexity index is 323. The molecule has 1 aromatic rings. The van der Waals surface area contributed by atoms with Crippen molar-refractivity contribution in [2.45, 2.75) is 0 Å². The van der Waals surface area contributed by atoms with Crippen molar-refractivity contribution in [2.24, 2.45) is 0 Å². The molecule has 62 valence electrons. The molecular weight excluding hydrogens is 185 g/mol. The van der Waals surface area contributed by atoms with E-state index in [0.717, 1.165) is 6.26 Å². The molecule has 0 amide bonds. The molecule has 0 heterocycles. The molecule has 0 aromatic heterocycles.